The molecule has 1 aromatic carbocycles. The van der Waals surface area contributed by atoms with Crippen LogP contribution < -0.4 is 9.47 Å². The molecule has 1 aliphatic rings. The van der Waals surface area contributed by atoms with Gasteiger partial charge in [-0.05, 0) is 28.7 Å². The number of hydrogen-bond donors (Lipinski definition) is 0. The lowest BCUT2D eigenvalue weighted by Crippen LogP contribution is -2.26. The molecule has 0 saturated heterocycles. The number of carbonyl (C=O) groups excluding carboxylic acids is 1. The maximum Gasteiger partial charge on any atom is 0.490 e. The predicted molar refractivity (Wildman–Crippen MR) is 79.6 cm³/mol. The third-order valence-corrected chi connectivity index (χ3v) is 3.12. The molecule has 124 valence electrons. The van der Waals surface area contributed by atoms with Crippen molar-refractivity contribution < 1.29 is 19.2 Å². The van der Waals surface area contributed by atoms with Crippen molar-refractivity contribution in [3.05, 3.63) is 40.2 Å². The average molecular weight is 332 g/mol. The fourth-order valence-electron chi connectivity index (χ4n) is 1.90. The van der Waals surface area contributed by atoms with Gasteiger partial charge in [0.15, 0.2) is 11.5 Å². The molecule has 1 aromatic heterocycles. The monoisotopic (exact) mass is 332 g/mol. The Morgan fingerprint density at radius 2 is 2.29 bits per heavy atom. The molecule has 0 N–H and O–H groups in total. The van der Waals surface area contributed by atoms with Crippen LogP contribution in [0.5, 0.6) is 11.5 Å². The van der Waals surface area contributed by atoms with Crippen molar-refractivity contribution in [3.63, 3.8) is 0 Å². The fourth-order valence-corrected chi connectivity index (χ4v) is 1.90. The van der Waals surface area contributed by atoms with Gasteiger partial charge < -0.3 is 19.6 Å². The quantitative estimate of drug-likeness (QED) is 0.441. The Labute approximate surface area is 135 Å². The molecule has 2 heterocycles. The highest BCUT2D eigenvalue weighted by atomic mass is 16.7. The lowest BCUT2D eigenvalue weighted by atomic mass is 10.2. The number of nitro groups is 1. The number of benzene rings is 1. The van der Waals surface area contributed by atoms with Crippen molar-refractivity contribution in [3.8, 4) is 11.5 Å². The Kier molecular flexibility index (Phi) is 4.05. The highest BCUT2D eigenvalue weighted by Gasteiger charge is 2.17. The van der Waals surface area contributed by atoms with E-state index in [0.717, 1.165) is 21.6 Å². The van der Waals surface area contributed by atoms with Gasteiger partial charge in [0, 0.05) is 12.1 Å². The highest BCUT2D eigenvalue weighted by Crippen LogP contribution is 2.31. The number of nitrogens with zero attached hydrogens (tertiary/aromatic N) is 6. The first-order valence-electron chi connectivity index (χ1n) is 6.77. The number of aromatic nitrogens is 3. The minimum absolute atomic E-state index is 0.179. The first kappa shape index (κ1) is 15.4. The van der Waals surface area contributed by atoms with Crippen molar-refractivity contribution in [2.75, 3.05) is 13.8 Å². The van der Waals surface area contributed by atoms with Crippen LogP contribution in [0.3, 0.4) is 0 Å². The summed E-state index contributed by atoms with van der Waals surface area (Å²) in [4.78, 5) is 25.3. The zero-order chi connectivity index (χ0) is 17.1. The van der Waals surface area contributed by atoms with Crippen LogP contribution in [-0.2, 0) is 11.3 Å². The first-order chi connectivity index (χ1) is 11.5. The van der Waals surface area contributed by atoms with E-state index in [0.29, 0.717) is 11.5 Å². The lowest BCUT2D eigenvalue weighted by Gasteiger charge is -2.09. The summed E-state index contributed by atoms with van der Waals surface area (Å²) in [6, 6.07) is 5.26. The largest absolute Gasteiger partial charge is 0.490 e. The smallest absolute Gasteiger partial charge is 0.454 e. The molecule has 1 amide bonds. The zero-order valence-electron chi connectivity index (χ0n) is 12.5. The van der Waals surface area contributed by atoms with Gasteiger partial charge in [-0.3, -0.25) is 4.79 Å². The molecule has 24 heavy (non-hydrogen) atoms. The number of carbonyl (C=O) groups is 1. The molecule has 3 rings (SSSR count). The molecular weight excluding hydrogens is 320 g/mol. The number of fused-ring (bicyclic) bond motifs is 1. The molecule has 0 fully saturated rings. The Balaban J connectivity index is 1.62. The van der Waals surface area contributed by atoms with Crippen LogP contribution in [0.4, 0.5) is 5.95 Å². The number of likely N-dealkylation sites (N-methyl/N-ethyl adjacent to an activating group) is 1. The maximum atomic E-state index is 12.0. The third kappa shape index (κ3) is 3.29. The topological polar surface area (TPSA) is 125 Å². The Morgan fingerprint density at radius 3 is 3.04 bits per heavy atom. The molecule has 0 bridgehead atoms. The lowest BCUT2D eigenvalue weighted by molar-refractivity contribution is -0.394. The Hall–Kier alpha value is -3.50. The Bertz CT molecular complexity index is 817. The van der Waals surface area contributed by atoms with Crippen molar-refractivity contribution in [2.24, 2.45) is 5.10 Å². The van der Waals surface area contributed by atoms with E-state index in [2.05, 4.69) is 15.2 Å². The van der Waals surface area contributed by atoms with E-state index in [1.54, 1.807) is 18.2 Å². The van der Waals surface area contributed by atoms with E-state index in [-0.39, 0.29) is 13.3 Å². The van der Waals surface area contributed by atoms with Gasteiger partial charge in [0.05, 0.1) is 6.21 Å². The van der Waals surface area contributed by atoms with Gasteiger partial charge in [0.25, 0.3) is 5.91 Å². The van der Waals surface area contributed by atoms with Gasteiger partial charge in [0.1, 0.15) is 6.54 Å². The summed E-state index contributed by atoms with van der Waals surface area (Å²) in [6.45, 7) is -0.0336. The summed E-state index contributed by atoms with van der Waals surface area (Å²) in [5.41, 5.74) is 0.732. The van der Waals surface area contributed by atoms with Crippen LogP contribution in [0.2, 0.25) is 0 Å². The number of hydrazone groups is 1. The summed E-state index contributed by atoms with van der Waals surface area (Å²) in [5, 5.41) is 19.2. The summed E-state index contributed by atoms with van der Waals surface area (Å²) >= 11 is 0. The van der Waals surface area contributed by atoms with Gasteiger partial charge in [-0.2, -0.15) is 9.78 Å². The van der Waals surface area contributed by atoms with E-state index >= 15 is 0 Å². The zero-order valence-corrected chi connectivity index (χ0v) is 12.5. The van der Waals surface area contributed by atoms with Gasteiger partial charge in [0.2, 0.25) is 13.1 Å². The van der Waals surface area contributed by atoms with Gasteiger partial charge in [-0.1, -0.05) is 4.98 Å². The van der Waals surface area contributed by atoms with Crippen LogP contribution in [0, 0.1) is 10.1 Å². The van der Waals surface area contributed by atoms with E-state index in [4.69, 9.17) is 9.47 Å². The van der Waals surface area contributed by atoms with Crippen molar-refractivity contribution in [1.82, 2.24) is 19.8 Å². The number of amides is 1. The van der Waals surface area contributed by atoms with Gasteiger partial charge >= 0.3 is 5.95 Å². The first-order valence-corrected chi connectivity index (χ1v) is 6.77. The molecular formula is C13H12N6O5. The van der Waals surface area contributed by atoms with Gasteiger partial charge in [-0.15, -0.1) is 0 Å². The van der Waals surface area contributed by atoms with Crippen LogP contribution >= 0.6 is 0 Å². The van der Waals surface area contributed by atoms with Crippen molar-refractivity contribution in [2.45, 2.75) is 6.54 Å². The molecule has 0 spiro atoms. The number of ether oxygens (including phenoxy) is 2. The Morgan fingerprint density at radius 1 is 1.50 bits per heavy atom. The van der Waals surface area contributed by atoms with Crippen LogP contribution in [0.15, 0.2) is 29.6 Å². The average Bonchev–Trinajstić information content (AvgIpc) is 3.20. The minimum Gasteiger partial charge on any atom is -0.454 e. The molecule has 0 saturated carbocycles. The second-order valence-corrected chi connectivity index (χ2v) is 4.77. The second-order valence-electron chi connectivity index (χ2n) is 4.77. The fraction of sp³-hybridized carbons (Fsp3) is 0.231. The van der Waals surface area contributed by atoms with E-state index in [9.17, 15) is 14.9 Å². The highest BCUT2D eigenvalue weighted by molar-refractivity contribution is 5.83. The molecule has 0 unspecified atom stereocenters. The number of hydrogen-bond acceptors (Lipinski definition) is 8. The SMILES string of the molecule is CN(/N=C/c1ccc2c(c1)OCO2)C(=O)Cn1cnc([N+](=O)[O-])n1. The second kappa shape index (κ2) is 6.32. The van der Waals surface area contributed by atoms with E-state index in [1.165, 1.54) is 13.3 Å². The summed E-state index contributed by atoms with van der Waals surface area (Å²) in [6.07, 6.45) is 2.61. The van der Waals surface area contributed by atoms with Crippen LogP contribution in [-0.4, -0.2) is 50.7 Å². The molecule has 2 aromatic rings. The molecule has 11 nitrogen and oxygen atoms in total. The van der Waals surface area contributed by atoms with Crippen molar-refractivity contribution >= 4 is 18.1 Å². The predicted octanol–water partition coefficient (Wildman–Crippen LogP) is 0.407. The molecule has 11 heteroatoms. The summed E-state index contributed by atoms with van der Waals surface area (Å²) in [5.74, 6) is 0.299. The van der Waals surface area contributed by atoms with Crippen LogP contribution in [0.1, 0.15) is 5.56 Å². The summed E-state index contributed by atoms with van der Waals surface area (Å²) < 4.78 is 11.5. The third-order valence-electron chi connectivity index (χ3n) is 3.12. The molecule has 0 radical (unpaired) electrons. The molecule has 1 aliphatic heterocycles. The maximum absolute atomic E-state index is 12.0. The van der Waals surface area contributed by atoms with Gasteiger partial charge in [-0.25, -0.2) is 5.01 Å². The van der Waals surface area contributed by atoms with Crippen molar-refractivity contribution in [1.29, 1.82) is 0 Å². The van der Waals surface area contributed by atoms with Crippen LogP contribution in [0.25, 0.3) is 0 Å². The number of rotatable bonds is 5. The van der Waals surface area contributed by atoms with E-state index in [1.807, 2.05) is 0 Å². The normalized spacial score (nSPS) is 12.5. The van der Waals surface area contributed by atoms with E-state index < -0.39 is 16.8 Å². The molecule has 0 aliphatic carbocycles. The standard InChI is InChI=1S/C13H12N6O5/c1-17(12(20)6-18-7-14-13(16-18)19(21)22)15-5-9-2-3-10-11(4-9)24-8-23-10/h2-5,7H,6,8H2,1H3/b15-5+. The molecule has 0 atom stereocenters. The minimum atomic E-state index is -0.734. The summed E-state index contributed by atoms with van der Waals surface area (Å²) in [7, 11) is 1.47.